The van der Waals surface area contributed by atoms with Gasteiger partial charge in [0, 0.05) is 13.0 Å². The van der Waals surface area contributed by atoms with E-state index in [1.807, 2.05) is 30.3 Å². The Morgan fingerprint density at radius 3 is 2.70 bits per heavy atom. The van der Waals surface area contributed by atoms with Gasteiger partial charge in [0.05, 0.1) is 19.2 Å². The highest BCUT2D eigenvalue weighted by molar-refractivity contribution is 5.85. The van der Waals surface area contributed by atoms with Crippen LogP contribution in [-0.2, 0) is 16.0 Å². The van der Waals surface area contributed by atoms with Gasteiger partial charge in [-0.1, -0.05) is 30.3 Å². The molecule has 1 aromatic rings. The lowest BCUT2D eigenvalue weighted by Crippen LogP contribution is -2.44. The average molecular weight is 276 g/mol. The normalized spacial score (nSPS) is 16.2. The third-order valence-electron chi connectivity index (χ3n) is 3.42. The molecule has 1 saturated heterocycles. The molecule has 1 aromatic carbocycles. The second-order valence-electron chi connectivity index (χ2n) is 5.06. The van der Waals surface area contributed by atoms with Crippen molar-refractivity contribution < 1.29 is 14.7 Å². The number of carbonyl (C=O) groups is 2. The highest BCUT2D eigenvalue weighted by atomic mass is 16.3. The number of aliphatic hydroxyl groups is 1. The number of nitrogens with zero attached hydrogens (tertiary/aromatic N) is 1. The summed E-state index contributed by atoms with van der Waals surface area (Å²) in [7, 11) is 0. The van der Waals surface area contributed by atoms with E-state index in [0.717, 1.165) is 12.0 Å². The van der Waals surface area contributed by atoms with E-state index in [9.17, 15) is 14.7 Å². The summed E-state index contributed by atoms with van der Waals surface area (Å²) >= 11 is 0. The fraction of sp³-hybridized carbons (Fsp3) is 0.467. The topological polar surface area (TPSA) is 69.6 Å². The molecule has 0 saturated carbocycles. The largest absolute Gasteiger partial charge is 0.394 e. The minimum Gasteiger partial charge on any atom is -0.394 e. The third-order valence-corrected chi connectivity index (χ3v) is 3.42. The fourth-order valence-corrected chi connectivity index (χ4v) is 2.38. The summed E-state index contributed by atoms with van der Waals surface area (Å²) in [4.78, 5) is 24.9. The number of likely N-dealkylation sites (tertiary alicyclic amines) is 1. The summed E-state index contributed by atoms with van der Waals surface area (Å²) in [5.74, 6) is -0.181. The van der Waals surface area contributed by atoms with Crippen molar-refractivity contribution >= 4 is 11.8 Å². The van der Waals surface area contributed by atoms with E-state index in [1.54, 1.807) is 4.90 Å². The lowest BCUT2D eigenvalue weighted by atomic mass is 10.1. The number of aliphatic hydroxyl groups excluding tert-OH is 1. The summed E-state index contributed by atoms with van der Waals surface area (Å²) in [5.41, 5.74) is 1.06. The van der Waals surface area contributed by atoms with E-state index in [0.29, 0.717) is 19.4 Å². The Labute approximate surface area is 118 Å². The highest BCUT2D eigenvalue weighted by Crippen LogP contribution is 2.09. The number of amides is 2. The van der Waals surface area contributed by atoms with Gasteiger partial charge in [-0.25, -0.2) is 0 Å². The Bertz CT molecular complexity index is 461. The van der Waals surface area contributed by atoms with Crippen LogP contribution in [0.5, 0.6) is 0 Å². The zero-order chi connectivity index (χ0) is 14.4. The number of benzene rings is 1. The van der Waals surface area contributed by atoms with Crippen LogP contribution in [0, 0.1) is 0 Å². The molecule has 0 aromatic heterocycles. The van der Waals surface area contributed by atoms with Crippen molar-refractivity contribution in [3.63, 3.8) is 0 Å². The first kappa shape index (κ1) is 14.5. The molecule has 0 radical (unpaired) electrons. The van der Waals surface area contributed by atoms with E-state index in [-0.39, 0.29) is 31.0 Å². The van der Waals surface area contributed by atoms with Gasteiger partial charge < -0.3 is 15.3 Å². The Kier molecular flexibility index (Phi) is 5.12. The Morgan fingerprint density at radius 2 is 2.10 bits per heavy atom. The quantitative estimate of drug-likeness (QED) is 0.786. The number of hydrogen-bond donors (Lipinski definition) is 2. The number of nitrogens with one attached hydrogen (secondary N) is 1. The van der Waals surface area contributed by atoms with Crippen molar-refractivity contribution in [1.82, 2.24) is 10.2 Å². The first-order valence-electron chi connectivity index (χ1n) is 6.91. The number of rotatable bonds is 6. The lowest BCUT2D eigenvalue weighted by molar-refractivity contribution is -0.133. The van der Waals surface area contributed by atoms with E-state index in [2.05, 4.69) is 5.32 Å². The SMILES string of the molecule is O=C(CN1CCCC1=O)NC(CO)Cc1ccccc1. The van der Waals surface area contributed by atoms with Crippen molar-refractivity contribution in [2.75, 3.05) is 19.7 Å². The van der Waals surface area contributed by atoms with Crippen molar-refractivity contribution in [2.45, 2.75) is 25.3 Å². The van der Waals surface area contributed by atoms with E-state index in [1.165, 1.54) is 0 Å². The van der Waals surface area contributed by atoms with Crippen LogP contribution in [0.15, 0.2) is 30.3 Å². The van der Waals surface area contributed by atoms with Gasteiger partial charge >= 0.3 is 0 Å². The van der Waals surface area contributed by atoms with Crippen LogP contribution < -0.4 is 5.32 Å². The van der Waals surface area contributed by atoms with Crippen LogP contribution in [-0.4, -0.2) is 47.6 Å². The monoisotopic (exact) mass is 276 g/mol. The van der Waals surface area contributed by atoms with Gasteiger partial charge in [0.1, 0.15) is 0 Å². The van der Waals surface area contributed by atoms with Crippen LogP contribution in [0.25, 0.3) is 0 Å². The molecule has 108 valence electrons. The van der Waals surface area contributed by atoms with Gasteiger partial charge in [-0.15, -0.1) is 0 Å². The van der Waals surface area contributed by atoms with Crippen LogP contribution in [0.1, 0.15) is 18.4 Å². The fourth-order valence-electron chi connectivity index (χ4n) is 2.38. The second-order valence-corrected chi connectivity index (χ2v) is 5.06. The molecule has 5 heteroatoms. The highest BCUT2D eigenvalue weighted by Gasteiger charge is 2.23. The maximum absolute atomic E-state index is 11.9. The van der Waals surface area contributed by atoms with Gasteiger partial charge in [0.25, 0.3) is 0 Å². The van der Waals surface area contributed by atoms with E-state index in [4.69, 9.17) is 0 Å². The molecular weight excluding hydrogens is 256 g/mol. The number of carbonyl (C=O) groups excluding carboxylic acids is 2. The Balaban J connectivity index is 1.83. The molecule has 2 rings (SSSR count). The van der Waals surface area contributed by atoms with Crippen molar-refractivity contribution in [3.05, 3.63) is 35.9 Å². The molecule has 1 aliphatic heterocycles. The minimum absolute atomic E-state index is 0.0313. The molecule has 1 unspecified atom stereocenters. The molecule has 2 N–H and O–H groups in total. The first-order valence-corrected chi connectivity index (χ1v) is 6.91. The van der Waals surface area contributed by atoms with Crippen molar-refractivity contribution in [1.29, 1.82) is 0 Å². The Hall–Kier alpha value is -1.88. The van der Waals surface area contributed by atoms with Crippen LogP contribution >= 0.6 is 0 Å². The van der Waals surface area contributed by atoms with Gasteiger partial charge in [-0.3, -0.25) is 9.59 Å². The smallest absolute Gasteiger partial charge is 0.239 e. The lowest BCUT2D eigenvalue weighted by Gasteiger charge is -2.19. The zero-order valence-corrected chi connectivity index (χ0v) is 11.4. The zero-order valence-electron chi connectivity index (χ0n) is 11.4. The second kappa shape index (κ2) is 7.05. The molecule has 0 bridgehead atoms. The van der Waals surface area contributed by atoms with Gasteiger partial charge in [0.15, 0.2) is 0 Å². The van der Waals surface area contributed by atoms with E-state index < -0.39 is 0 Å². The maximum Gasteiger partial charge on any atom is 0.239 e. The first-order chi connectivity index (χ1) is 9.69. The van der Waals surface area contributed by atoms with Crippen LogP contribution in [0.4, 0.5) is 0 Å². The van der Waals surface area contributed by atoms with Gasteiger partial charge in [-0.05, 0) is 18.4 Å². The van der Waals surface area contributed by atoms with Crippen LogP contribution in [0.2, 0.25) is 0 Å². The summed E-state index contributed by atoms with van der Waals surface area (Å²) in [6.07, 6.45) is 1.93. The molecule has 0 aliphatic carbocycles. The Morgan fingerprint density at radius 1 is 1.35 bits per heavy atom. The summed E-state index contributed by atoms with van der Waals surface area (Å²) in [6, 6.07) is 9.37. The summed E-state index contributed by atoms with van der Waals surface area (Å²) in [6.45, 7) is 0.618. The minimum atomic E-state index is -0.317. The van der Waals surface area contributed by atoms with Gasteiger partial charge in [-0.2, -0.15) is 0 Å². The predicted octanol–water partition coefficient (Wildman–Crippen LogP) is 0.329. The molecule has 1 aliphatic rings. The van der Waals surface area contributed by atoms with Crippen molar-refractivity contribution in [2.24, 2.45) is 0 Å². The van der Waals surface area contributed by atoms with Crippen LogP contribution in [0.3, 0.4) is 0 Å². The average Bonchev–Trinajstić information content (AvgIpc) is 2.84. The third kappa shape index (κ3) is 4.06. The van der Waals surface area contributed by atoms with Gasteiger partial charge in [0.2, 0.25) is 11.8 Å². The molecular formula is C15H20N2O3. The maximum atomic E-state index is 11.9. The molecule has 20 heavy (non-hydrogen) atoms. The summed E-state index contributed by atoms with van der Waals surface area (Å²) < 4.78 is 0. The van der Waals surface area contributed by atoms with E-state index >= 15 is 0 Å². The van der Waals surface area contributed by atoms with Crippen molar-refractivity contribution in [3.8, 4) is 0 Å². The predicted molar refractivity (Wildman–Crippen MR) is 75.0 cm³/mol. The molecule has 1 heterocycles. The molecule has 0 spiro atoms. The summed E-state index contributed by atoms with van der Waals surface area (Å²) in [5, 5.41) is 12.1. The number of hydrogen-bond acceptors (Lipinski definition) is 3. The molecule has 5 nitrogen and oxygen atoms in total. The molecule has 2 amide bonds. The standard InChI is InChI=1S/C15H20N2O3/c18-11-13(9-12-5-2-1-3-6-12)16-14(19)10-17-8-4-7-15(17)20/h1-3,5-6,13,18H,4,7-11H2,(H,16,19). The molecule has 1 atom stereocenters. The molecule has 1 fully saturated rings.